The first-order valence-electron chi connectivity index (χ1n) is 18.8. The maximum atomic E-state index is 14.0. The van der Waals surface area contributed by atoms with Gasteiger partial charge in [-0.25, -0.2) is 4.79 Å². The summed E-state index contributed by atoms with van der Waals surface area (Å²) in [5.74, 6) is -0.949. The molecule has 0 spiro atoms. The first kappa shape index (κ1) is 42.0. The zero-order valence-electron chi connectivity index (χ0n) is 31.3. The normalized spacial score (nSPS) is 16.9. The Bertz CT molecular complexity index is 1130. The number of unbranched alkanes of at least 4 members (excludes halogenated alkanes) is 2. The Balaban J connectivity index is 2.28. The molecule has 5 atom stereocenters. The van der Waals surface area contributed by atoms with Crippen molar-refractivity contribution in [3.05, 3.63) is 35.9 Å². The molecule has 1 aromatic carbocycles. The topological polar surface area (TPSA) is 146 Å². The number of hydrogen-bond acceptors (Lipinski definition) is 6. The lowest BCUT2D eigenvalue weighted by Gasteiger charge is -2.33. The Hall–Kier alpha value is -3.14. The second-order valence-electron chi connectivity index (χ2n) is 15.2. The molecule has 1 saturated carbocycles. The summed E-state index contributed by atoms with van der Waals surface area (Å²) in [6.07, 6.45) is 8.72. The summed E-state index contributed by atoms with van der Waals surface area (Å²) in [4.78, 5) is 53.7. The van der Waals surface area contributed by atoms with Gasteiger partial charge in [0.05, 0.1) is 12.1 Å². The second kappa shape index (κ2) is 21.8. The number of aliphatic hydroxyl groups excluding tert-OH is 1. The number of nitrogens with one attached hydrogen (secondary N) is 4. The van der Waals surface area contributed by atoms with Crippen molar-refractivity contribution in [2.45, 2.75) is 162 Å². The monoisotopic (exact) mass is 686 g/mol. The third-order valence-corrected chi connectivity index (χ3v) is 9.34. The van der Waals surface area contributed by atoms with Crippen LogP contribution >= 0.6 is 0 Å². The van der Waals surface area contributed by atoms with E-state index in [1.807, 2.05) is 51.1 Å². The van der Waals surface area contributed by atoms with Gasteiger partial charge in [-0.3, -0.25) is 14.4 Å². The SMILES string of the molecule is CCCCNC(=O)[C@@H](C[C@H](O)[C@H](CC1CCCCC1)NC(=O)[C@H](CCCC)NC(=O)C(Cc1ccccc1)NC(=O)OC(C)(C)C)C(C)C. The Kier molecular flexibility index (Phi) is 18.7. The molecule has 0 aromatic heterocycles. The molecule has 0 heterocycles. The molecule has 1 unspecified atom stereocenters. The van der Waals surface area contributed by atoms with Gasteiger partial charge in [-0.1, -0.05) is 109 Å². The third-order valence-electron chi connectivity index (χ3n) is 9.34. The summed E-state index contributed by atoms with van der Waals surface area (Å²) in [6, 6.07) is 6.96. The molecule has 1 aromatic rings. The summed E-state index contributed by atoms with van der Waals surface area (Å²) in [5.41, 5.74) is 0.0998. The minimum Gasteiger partial charge on any atom is -0.444 e. The van der Waals surface area contributed by atoms with E-state index in [0.29, 0.717) is 31.7 Å². The minimum absolute atomic E-state index is 0.0120. The number of amides is 4. The molecule has 0 bridgehead atoms. The number of ether oxygens (including phenoxy) is 1. The summed E-state index contributed by atoms with van der Waals surface area (Å²) >= 11 is 0. The van der Waals surface area contributed by atoms with Crippen molar-refractivity contribution in [1.29, 1.82) is 0 Å². The Morgan fingerprint density at radius 1 is 0.857 bits per heavy atom. The highest BCUT2D eigenvalue weighted by Crippen LogP contribution is 2.30. The van der Waals surface area contributed by atoms with Gasteiger partial charge in [0.2, 0.25) is 17.7 Å². The van der Waals surface area contributed by atoms with E-state index in [2.05, 4.69) is 28.2 Å². The van der Waals surface area contributed by atoms with Gasteiger partial charge in [-0.2, -0.15) is 0 Å². The minimum atomic E-state index is -0.976. The highest BCUT2D eigenvalue weighted by Gasteiger charge is 2.34. The van der Waals surface area contributed by atoms with Crippen LogP contribution in [0.2, 0.25) is 0 Å². The highest BCUT2D eigenvalue weighted by molar-refractivity contribution is 5.91. The molecule has 1 aliphatic carbocycles. The predicted molar refractivity (Wildman–Crippen MR) is 195 cm³/mol. The van der Waals surface area contributed by atoms with Gasteiger partial charge >= 0.3 is 6.09 Å². The highest BCUT2D eigenvalue weighted by atomic mass is 16.6. The van der Waals surface area contributed by atoms with Gasteiger partial charge in [0.25, 0.3) is 0 Å². The van der Waals surface area contributed by atoms with Crippen molar-refractivity contribution in [2.75, 3.05) is 6.54 Å². The van der Waals surface area contributed by atoms with Crippen molar-refractivity contribution < 1.29 is 29.0 Å². The molecule has 0 aliphatic heterocycles. The second-order valence-corrected chi connectivity index (χ2v) is 15.2. The first-order valence-corrected chi connectivity index (χ1v) is 18.8. The number of carbonyl (C=O) groups excluding carboxylic acids is 4. The van der Waals surface area contributed by atoms with Crippen LogP contribution in [-0.2, 0) is 25.5 Å². The molecule has 1 aliphatic rings. The fourth-order valence-electron chi connectivity index (χ4n) is 6.46. The van der Waals surface area contributed by atoms with Gasteiger partial charge in [0.15, 0.2) is 0 Å². The number of benzene rings is 1. The van der Waals surface area contributed by atoms with Crippen LogP contribution in [0.25, 0.3) is 0 Å². The van der Waals surface area contributed by atoms with Crippen LogP contribution in [0, 0.1) is 17.8 Å². The van der Waals surface area contributed by atoms with Crippen molar-refractivity contribution >= 4 is 23.8 Å². The molecule has 10 nitrogen and oxygen atoms in total. The lowest BCUT2D eigenvalue weighted by molar-refractivity contribution is -0.131. The maximum Gasteiger partial charge on any atom is 0.408 e. The van der Waals surface area contributed by atoms with E-state index >= 15 is 0 Å². The van der Waals surface area contributed by atoms with E-state index in [0.717, 1.165) is 50.5 Å². The van der Waals surface area contributed by atoms with Crippen molar-refractivity contribution in [3.63, 3.8) is 0 Å². The van der Waals surface area contributed by atoms with E-state index in [1.54, 1.807) is 20.8 Å². The van der Waals surface area contributed by atoms with Gasteiger partial charge in [-0.15, -0.1) is 0 Å². The molecule has 2 rings (SSSR count). The van der Waals surface area contributed by atoms with E-state index in [1.165, 1.54) is 6.42 Å². The summed E-state index contributed by atoms with van der Waals surface area (Å²) < 4.78 is 5.45. The average molecular weight is 687 g/mol. The lowest BCUT2D eigenvalue weighted by atomic mass is 9.81. The van der Waals surface area contributed by atoms with E-state index in [-0.39, 0.29) is 30.6 Å². The molecule has 278 valence electrons. The number of hydrogen-bond donors (Lipinski definition) is 5. The Morgan fingerprint density at radius 3 is 2.08 bits per heavy atom. The average Bonchev–Trinajstić information content (AvgIpc) is 3.04. The fourth-order valence-corrected chi connectivity index (χ4v) is 6.46. The number of rotatable bonds is 20. The Labute approximate surface area is 295 Å². The van der Waals surface area contributed by atoms with Crippen molar-refractivity contribution in [3.8, 4) is 0 Å². The molecular formula is C39H66N4O6. The predicted octanol–water partition coefficient (Wildman–Crippen LogP) is 6.19. The molecule has 1 fully saturated rings. The molecule has 0 saturated heterocycles. The van der Waals surface area contributed by atoms with Crippen LogP contribution < -0.4 is 21.3 Å². The molecule has 10 heteroatoms. The van der Waals surface area contributed by atoms with E-state index < -0.39 is 47.7 Å². The summed E-state index contributed by atoms with van der Waals surface area (Å²) in [5, 5.41) is 23.5. The van der Waals surface area contributed by atoms with Crippen LogP contribution in [-0.4, -0.2) is 65.3 Å². The van der Waals surface area contributed by atoms with E-state index in [9.17, 15) is 24.3 Å². The van der Waals surface area contributed by atoms with Crippen LogP contribution in [0.15, 0.2) is 30.3 Å². The van der Waals surface area contributed by atoms with Gasteiger partial charge < -0.3 is 31.1 Å². The molecule has 0 radical (unpaired) electrons. The van der Waals surface area contributed by atoms with Crippen molar-refractivity contribution in [1.82, 2.24) is 21.3 Å². The van der Waals surface area contributed by atoms with E-state index in [4.69, 9.17) is 4.74 Å². The third kappa shape index (κ3) is 16.4. The van der Waals surface area contributed by atoms with Gasteiger partial charge in [-0.05, 0) is 63.9 Å². The van der Waals surface area contributed by atoms with Crippen molar-refractivity contribution in [2.24, 2.45) is 17.8 Å². The summed E-state index contributed by atoms with van der Waals surface area (Å²) in [7, 11) is 0. The molecule has 4 amide bonds. The maximum absolute atomic E-state index is 14.0. The Morgan fingerprint density at radius 2 is 1.49 bits per heavy atom. The smallest absolute Gasteiger partial charge is 0.408 e. The lowest BCUT2D eigenvalue weighted by Crippen LogP contribution is -2.57. The zero-order valence-corrected chi connectivity index (χ0v) is 31.3. The van der Waals surface area contributed by atoms with Gasteiger partial charge in [0, 0.05) is 18.9 Å². The van der Waals surface area contributed by atoms with Crippen LogP contribution in [0.5, 0.6) is 0 Å². The molecular weight excluding hydrogens is 620 g/mol. The van der Waals surface area contributed by atoms with Crippen LogP contribution in [0.3, 0.4) is 0 Å². The fraction of sp³-hybridized carbons (Fsp3) is 0.744. The number of alkyl carbamates (subject to hydrolysis) is 1. The number of carbonyl (C=O) groups is 4. The van der Waals surface area contributed by atoms with Crippen LogP contribution in [0.4, 0.5) is 4.79 Å². The number of aliphatic hydroxyl groups is 1. The van der Waals surface area contributed by atoms with Crippen LogP contribution in [0.1, 0.15) is 131 Å². The zero-order chi connectivity index (χ0) is 36.4. The first-order chi connectivity index (χ1) is 23.2. The largest absolute Gasteiger partial charge is 0.444 e. The van der Waals surface area contributed by atoms with Gasteiger partial charge in [0.1, 0.15) is 17.7 Å². The molecule has 49 heavy (non-hydrogen) atoms. The summed E-state index contributed by atoms with van der Waals surface area (Å²) in [6.45, 7) is 13.9. The molecule has 5 N–H and O–H groups in total. The quantitative estimate of drug-likeness (QED) is 0.103. The standard InChI is InChI=1S/C39H66N4O6/c1-8-10-22-31(41-37(47)33(25-29-20-16-13-17-21-29)43-38(48)49-39(5,6)7)36(46)42-32(24-28-18-14-12-15-19-28)34(44)26-30(27(3)4)35(45)40-23-11-9-2/h13,16-17,20-21,27-28,30-34,44H,8-12,14-15,18-19,22-26H2,1-7H3,(H,40,45)(H,41,47)(H,42,46)(H,43,48)/t30-,31-,32-,33?,34-/m0/s1.